The Morgan fingerprint density at radius 1 is 1.30 bits per heavy atom. The summed E-state index contributed by atoms with van der Waals surface area (Å²) in [7, 11) is 1.46. The first kappa shape index (κ1) is 19.2. The number of carbonyl (C=O) groups is 2. The van der Waals surface area contributed by atoms with E-state index in [-0.39, 0.29) is 35.8 Å². The standard InChI is InChI=1S/C17H21F2N5O3/c1-8(2)15(17(27)23-7-9(25)4-14(23)16(26)20-3)24-13-6-11(19)10(18)5-12(13)21-22-24/h5-6,8-9,14-15,25H,4,7H2,1-3H3,(H,20,26)/t9?,14-,15?/m1/s1. The number of hydrogen-bond donors (Lipinski definition) is 2. The molecule has 2 amide bonds. The summed E-state index contributed by atoms with van der Waals surface area (Å²) < 4.78 is 28.4. The molecular formula is C17H21F2N5O3. The normalized spacial score (nSPS) is 21.1. The smallest absolute Gasteiger partial charge is 0.248 e. The van der Waals surface area contributed by atoms with Gasteiger partial charge in [-0.2, -0.15) is 0 Å². The molecular weight excluding hydrogens is 360 g/mol. The Balaban J connectivity index is 2.02. The van der Waals surface area contributed by atoms with Gasteiger partial charge in [-0.1, -0.05) is 19.1 Å². The second-order valence-electron chi connectivity index (χ2n) is 6.99. The third-order valence-electron chi connectivity index (χ3n) is 4.77. The van der Waals surface area contributed by atoms with Crippen molar-refractivity contribution in [2.75, 3.05) is 13.6 Å². The summed E-state index contributed by atoms with van der Waals surface area (Å²) >= 11 is 0. The van der Waals surface area contributed by atoms with Crippen molar-refractivity contribution < 1.29 is 23.5 Å². The number of likely N-dealkylation sites (N-methyl/N-ethyl adjacent to an activating group) is 1. The summed E-state index contributed by atoms with van der Waals surface area (Å²) in [6.07, 6.45) is -0.683. The van der Waals surface area contributed by atoms with Gasteiger partial charge in [0, 0.05) is 32.1 Å². The number of rotatable bonds is 4. The fourth-order valence-electron chi connectivity index (χ4n) is 3.45. The predicted octanol–water partition coefficient (Wildman–Crippen LogP) is 0.614. The van der Waals surface area contributed by atoms with Gasteiger partial charge in [-0.15, -0.1) is 5.10 Å². The van der Waals surface area contributed by atoms with Crippen molar-refractivity contribution in [2.24, 2.45) is 5.92 Å². The molecule has 1 aliphatic heterocycles. The van der Waals surface area contributed by atoms with Crippen LogP contribution in [0, 0.1) is 17.6 Å². The topological polar surface area (TPSA) is 100 Å². The molecule has 3 rings (SSSR count). The van der Waals surface area contributed by atoms with Crippen LogP contribution in [0.2, 0.25) is 0 Å². The maximum Gasteiger partial charge on any atom is 0.248 e. The minimum Gasteiger partial charge on any atom is -0.391 e. The Labute approximate surface area is 154 Å². The number of benzene rings is 1. The lowest BCUT2D eigenvalue weighted by atomic mass is 10.0. The van der Waals surface area contributed by atoms with Gasteiger partial charge in [0.15, 0.2) is 11.6 Å². The van der Waals surface area contributed by atoms with Gasteiger partial charge < -0.3 is 15.3 Å². The van der Waals surface area contributed by atoms with Crippen LogP contribution >= 0.6 is 0 Å². The van der Waals surface area contributed by atoms with E-state index in [2.05, 4.69) is 15.6 Å². The van der Waals surface area contributed by atoms with Crippen LogP contribution in [0.3, 0.4) is 0 Å². The molecule has 0 bridgehead atoms. The van der Waals surface area contributed by atoms with Gasteiger partial charge in [0.2, 0.25) is 11.8 Å². The lowest BCUT2D eigenvalue weighted by Crippen LogP contribution is -2.48. The SMILES string of the molecule is CNC(=O)[C@H]1CC(O)CN1C(=O)C(C(C)C)n1nnc2cc(F)c(F)cc21. The van der Waals surface area contributed by atoms with E-state index in [0.29, 0.717) is 0 Å². The first-order valence-electron chi connectivity index (χ1n) is 8.64. The number of fused-ring (bicyclic) bond motifs is 1. The molecule has 10 heteroatoms. The molecule has 2 heterocycles. The molecule has 1 aromatic carbocycles. The summed E-state index contributed by atoms with van der Waals surface area (Å²) in [5.41, 5.74) is 0.300. The summed E-state index contributed by atoms with van der Waals surface area (Å²) in [6.45, 7) is 3.56. The summed E-state index contributed by atoms with van der Waals surface area (Å²) in [4.78, 5) is 26.6. The first-order chi connectivity index (χ1) is 12.7. The molecule has 1 aromatic heterocycles. The minimum atomic E-state index is -1.07. The Morgan fingerprint density at radius 3 is 2.59 bits per heavy atom. The van der Waals surface area contributed by atoms with Gasteiger partial charge in [0.1, 0.15) is 17.6 Å². The highest BCUT2D eigenvalue weighted by Gasteiger charge is 2.42. The Bertz CT molecular complexity index is 885. The molecule has 8 nitrogen and oxygen atoms in total. The molecule has 1 aliphatic rings. The number of amides is 2. The summed E-state index contributed by atoms with van der Waals surface area (Å²) in [5, 5.41) is 20.2. The van der Waals surface area contributed by atoms with E-state index in [9.17, 15) is 23.5 Å². The number of halogens is 2. The molecule has 27 heavy (non-hydrogen) atoms. The maximum absolute atomic E-state index is 13.7. The maximum atomic E-state index is 13.7. The van der Waals surface area contributed by atoms with Crippen molar-refractivity contribution in [1.82, 2.24) is 25.2 Å². The number of likely N-dealkylation sites (tertiary alicyclic amines) is 1. The molecule has 3 atom stereocenters. The summed E-state index contributed by atoms with van der Waals surface area (Å²) in [6, 6.07) is 0.172. The van der Waals surface area contributed by atoms with Crippen molar-refractivity contribution in [3.8, 4) is 0 Å². The van der Waals surface area contributed by atoms with Crippen LogP contribution in [0.25, 0.3) is 11.0 Å². The quantitative estimate of drug-likeness (QED) is 0.809. The average molecular weight is 381 g/mol. The highest BCUT2D eigenvalue weighted by Crippen LogP contribution is 2.29. The Morgan fingerprint density at radius 2 is 1.96 bits per heavy atom. The lowest BCUT2D eigenvalue weighted by Gasteiger charge is -2.29. The molecule has 1 saturated heterocycles. The van der Waals surface area contributed by atoms with Crippen molar-refractivity contribution in [1.29, 1.82) is 0 Å². The van der Waals surface area contributed by atoms with E-state index in [1.54, 1.807) is 13.8 Å². The van der Waals surface area contributed by atoms with Gasteiger partial charge in [-0.05, 0) is 5.92 Å². The second kappa shape index (κ2) is 7.18. The number of β-amino-alcohol motifs (C(OH)–C–C–N with tert-alkyl or cyclic N) is 1. The Hall–Kier alpha value is -2.62. The number of aromatic nitrogens is 3. The zero-order valence-corrected chi connectivity index (χ0v) is 15.2. The van der Waals surface area contributed by atoms with E-state index in [1.807, 2.05) is 0 Å². The third kappa shape index (κ3) is 3.36. The van der Waals surface area contributed by atoms with Crippen molar-refractivity contribution >= 4 is 22.8 Å². The van der Waals surface area contributed by atoms with Crippen LogP contribution in [0.15, 0.2) is 12.1 Å². The minimum absolute atomic E-state index is 0.00968. The van der Waals surface area contributed by atoms with Gasteiger partial charge in [0.25, 0.3) is 0 Å². The van der Waals surface area contributed by atoms with Crippen LogP contribution in [0.4, 0.5) is 8.78 Å². The molecule has 2 unspecified atom stereocenters. The zero-order valence-electron chi connectivity index (χ0n) is 15.2. The summed E-state index contributed by atoms with van der Waals surface area (Å²) in [5.74, 6) is -3.21. The van der Waals surface area contributed by atoms with Crippen LogP contribution < -0.4 is 5.32 Å². The second-order valence-corrected chi connectivity index (χ2v) is 6.99. The molecule has 2 aromatic rings. The molecule has 0 aliphatic carbocycles. The molecule has 0 spiro atoms. The molecule has 0 radical (unpaired) electrons. The highest BCUT2D eigenvalue weighted by atomic mass is 19.2. The van der Waals surface area contributed by atoms with E-state index < -0.39 is 35.7 Å². The lowest BCUT2D eigenvalue weighted by molar-refractivity contribution is -0.142. The van der Waals surface area contributed by atoms with E-state index in [0.717, 1.165) is 12.1 Å². The van der Waals surface area contributed by atoms with Crippen LogP contribution in [0.1, 0.15) is 26.3 Å². The number of nitrogens with one attached hydrogen (secondary N) is 1. The van der Waals surface area contributed by atoms with Crippen molar-refractivity contribution in [3.05, 3.63) is 23.8 Å². The highest BCUT2D eigenvalue weighted by molar-refractivity contribution is 5.90. The van der Waals surface area contributed by atoms with Crippen LogP contribution in [0.5, 0.6) is 0 Å². The third-order valence-corrected chi connectivity index (χ3v) is 4.77. The monoisotopic (exact) mass is 381 g/mol. The van der Waals surface area contributed by atoms with E-state index in [4.69, 9.17) is 0 Å². The fraction of sp³-hybridized carbons (Fsp3) is 0.529. The number of aliphatic hydroxyl groups is 1. The van der Waals surface area contributed by atoms with Gasteiger partial charge in [-0.3, -0.25) is 9.59 Å². The van der Waals surface area contributed by atoms with Gasteiger partial charge in [-0.25, -0.2) is 13.5 Å². The zero-order chi connectivity index (χ0) is 19.9. The predicted molar refractivity (Wildman–Crippen MR) is 91.5 cm³/mol. The van der Waals surface area contributed by atoms with Crippen LogP contribution in [-0.2, 0) is 9.59 Å². The molecule has 0 saturated carbocycles. The van der Waals surface area contributed by atoms with E-state index >= 15 is 0 Å². The number of carbonyl (C=O) groups excluding carboxylic acids is 2. The van der Waals surface area contributed by atoms with Gasteiger partial charge in [0.05, 0.1) is 11.6 Å². The largest absolute Gasteiger partial charge is 0.391 e. The van der Waals surface area contributed by atoms with E-state index in [1.165, 1.54) is 16.6 Å². The molecule has 2 N–H and O–H groups in total. The fourth-order valence-corrected chi connectivity index (χ4v) is 3.45. The average Bonchev–Trinajstić information content (AvgIpc) is 3.18. The molecule has 1 fully saturated rings. The van der Waals surface area contributed by atoms with Crippen LogP contribution in [-0.4, -0.2) is 62.6 Å². The van der Waals surface area contributed by atoms with Crippen molar-refractivity contribution in [3.63, 3.8) is 0 Å². The van der Waals surface area contributed by atoms with Crippen molar-refractivity contribution in [2.45, 2.75) is 38.5 Å². The van der Waals surface area contributed by atoms with Gasteiger partial charge >= 0.3 is 0 Å². The molecule has 146 valence electrons. The first-order valence-corrected chi connectivity index (χ1v) is 8.64. The Kier molecular flexibility index (Phi) is 5.09. The number of aliphatic hydroxyl groups excluding tert-OH is 1. The number of nitrogens with zero attached hydrogens (tertiary/aromatic N) is 4. The number of hydrogen-bond acceptors (Lipinski definition) is 5.